The van der Waals surface area contributed by atoms with Gasteiger partial charge in [-0.2, -0.15) is 4.31 Å². The fourth-order valence-electron chi connectivity index (χ4n) is 2.53. The SMILES string of the molecule is CCN(CC)S(=O)(=O)c1ccc(=O)n(CCCSc2ccccc2Cl)c1. The molecule has 5 nitrogen and oxygen atoms in total. The Bertz CT molecular complexity index is 893. The van der Waals surface area contributed by atoms with Gasteiger partial charge in [-0.1, -0.05) is 37.6 Å². The van der Waals surface area contributed by atoms with Crippen molar-refractivity contribution in [1.82, 2.24) is 8.87 Å². The lowest BCUT2D eigenvalue weighted by Crippen LogP contribution is -2.32. The third kappa shape index (κ3) is 5.13. The highest BCUT2D eigenvalue weighted by Gasteiger charge is 2.22. The number of aryl methyl sites for hydroxylation is 1. The lowest BCUT2D eigenvalue weighted by molar-refractivity contribution is 0.444. The molecule has 0 amide bonds. The first-order valence-electron chi connectivity index (χ1n) is 8.48. The molecular weight excluding hydrogens is 392 g/mol. The number of nitrogens with zero attached hydrogens (tertiary/aromatic N) is 2. The Labute approximate surface area is 164 Å². The van der Waals surface area contributed by atoms with Gasteiger partial charge in [0.1, 0.15) is 0 Å². The number of hydrogen-bond donors (Lipinski definition) is 0. The van der Waals surface area contributed by atoms with Crippen molar-refractivity contribution in [3.8, 4) is 0 Å². The van der Waals surface area contributed by atoms with Crippen molar-refractivity contribution in [2.75, 3.05) is 18.8 Å². The van der Waals surface area contributed by atoms with E-state index in [9.17, 15) is 13.2 Å². The molecule has 2 aromatic rings. The number of benzene rings is 1. The summed E-state index contributed by atoms with van der Waals surface area (Å²) in [6.07, 6.45) is 2.17. The van der Waals surface area contributed by atoms with Crippen LogP contribution < -0.4 is 5.56 Å². The molecule has 0 aliphatic heterocycles. The molecule has 0 atom stereocenters. The molecule has 0 fully saturated rings. The van der Waals surface area contributed by atoms with Crippen molar-refractivity contribution in [3.05, 3.63) is 58.0 Å². The van der Waals surface area contributed by atoms with Crippen LogP contribution in [0.15, 0.2) is 57.2 Å². The summed E-state index contributed by atoms with van der Waals surface area (Å²) in [6, 6.07) is 10.3. The number of halogens is 1. The minimum absolute atomic E-state index is 0.152. The smallest absolute Gasteiger partial charge is 0.250 e. The molecule has 1 aromatic carbocycles. The average molecular weight is 415 g/mol. The maximum atomic E-state index is 12.6. The number of rotatable bonds is 9. The minimum atomic E-state index is -3.57. The highest BCUT2D eigenvalue weighted by Crippen LogP contribution is 2.27. The highest BCUT2D eigenvalue weighted by molar-refractivity contribution is 7.99. The molecule has 142 valence electrons. The molecule has 0 bridgehead atoms. The average Bonchev–Trinajstić information content (AvgIpc) is 2.62. The maximum absolute atomic E-state index is 12.6. The second-order valence-electron chi connectivity index (χ2n) is 5.62. The third-order valence-electron chi connectivity index (χ3n) is 3.94. The summed E-state index contributed by atoms with van der Waals surface area (Å²) < 4.78 is 28.0. The van der Waals surface area contributed by atoms with Gasteiger partial charge in [0.15, 0.2) is 0 Å². The van der Waals surface area contributed by atoms with Gasteiger partial charge in [0.25, 0.3) is 5.56 Å². The van der Waals surface area contributed by atoms with E-state index in [4.69, 9.17) is 11.6 Å². The molecule has 1 heterocycles. The molecule has 0 aliphatic carbocycles. The largest absolute Gasteiger partial charge is 0.314 e. The lowest BCUT2D eigenvalue weighted by Gasteiger charge is -2.19. The summed E-state index contributed by atoms with van der Waals surface area (Å²) in [5.74, 6) is 0.781. The van der Waals surface area contributed by atoms with Crippen molar-refractivity contribution in [3.63, 3.8) is 0 Å². The topological polar surface area (TPSA) is 59.4 Å². The van der Waals surface area contributed by atoms with Gasteiger partial charge in [-0.25, -0.2) is 8.42 Å². The minimum Gasteiger partial charge on any atom is -0.314 e. The van der Waals surface area contributed by atoms with E-state index in [0.29, 0.717) is 24.7 Å². The van der Waals surface area contributed by atoms with E-state index in [1.807, 2.05) is 24.3 Å². The van der Waals surface area contributed by atoms with Crippen LogP contribution in [0.25, 0.3) is 0 Å². The van der Waals surface area contributed by atoms with Crippen molar-refractivity contribution in [1.29, 1.82) is 0 Å². The Morgan fingerprint density at radius 2 is 1.81 bits per heavy atom. The standard InChI is InChI=1S/C18H23ClN2O3S2/c1-3-21(4-2)26(23,24)15-10-11-18(22)20(14-15)12-7-13-25-17-9-6-5-8-16(17)19/h5-6,8-11,14H,3-4,7,12-13H2,1-2H3. The number of hydrogen-bond acceptors (Lipinski definition) is 4. The first-order chi connectivity index (χ1) is 12.4. The van der Waals surface area contributed by atoms with Crippen LogP contribution in [0.2, 0.25) is 5.02 Å². The molecule has 0 unspecified atom stereocenters. The van der Waals surface area contributed by atoms with Crippen LogP contribution in [0.5, 0.6) is 0 Å². The van der Waals surface area contributed by atoms with Gasteiger partial charge in [-0.15, -0.1) is 11.8 Å². The molecule has 0 saturated carbocycles. The number of sulfonamides is 1. The quantitative estimate of drug-likeness (QED) is 0.463. The number of thioether (sulfide) groups is 1. The fraction of sp³-hybridized carbons (Fsp3) is 0.389. The predicted octanol–water partition coefficient (Wildman–Crippen LogP) is 3.71. The van der Waals surface area contributed by atoms with Gasteiger partial charge in [0.2, 0.25) is 10.0 Å². The summed E-state index contributed by atoms with van der Waals surface area (Å²) in [6.45, 7) is 4.84. The molecule has 1 aromatic heterocycles. The van der Waals surface area contributed by atoms with Crippen LogP contribution in [-0.4, -0.2) is 36.1 Å². The molecule has 2 rings (SSSR count). The fourth-order valence-corrected chi connectivity index (χ4v) is 5.18. The Hall–Kier alpha value is -1.28. The van der Waals surface area contributed by atoms with E-state index >= 15 is 0 Å². The van der Waals surface area contributed by atoms with Crippen molar-refractivity contribution in [2.45, 2.75) is 36.6 Å². The molecule has 8 heteroatoms. The Kier molecular flexibility index (Phi) is 7.76. The second-order valence-corrected chi connectivity index (χ2v) is 9.10. The van der Waals surface area contributed by atoms with Crippen molar-refractivity contribution >= 4 is 33.4 Å². The lowest BCUT2D eigenvalue weighted by atomic mass is 10.4. The zero-order valence-electron chi connectivity index (χ0n) is 14.9. The molecule has 0 aliphatic rings. The van der Waals surface area contributed by atoms with Crippen LogP contribution in [0.1, 0.15) is 20.3 Å². The molecular formula is C18H23ClN2O3S2. The molecule has 0 radical (unpaired) electrons. The van der Waals surface area contributed by atoms with Crippen LogP contribution in [0.4, 0.5) is 0 Å². The molecule has 0 saturated heterocycles. The van der Waals surface area contributed by atoms with E-state index in [2.05, 4.69) is 0 Å². The van der Waals surface area contributed by atoms with Crippen molar-refractivity contribution < 1.29 is 8.42 Å². The number of aromatic nitrogens is 1. The van der Waals surface area contributed by atoms with Gasteiger partial charge >= 0.3 is 0 Å². The molecule has 0 N–H and O–H groups in total. The zero-order chi connectivity index (χ0) is 19.2. The zero-order valence-corrected chi connectivity index (χ0v) is 17.3. The van der Waals surface area contributed by atoms with E-state index in [0.717, 1.165) is 17.1 Å². The Morgan fingerprint density at radius 3 is 2.46 bits per heavy atom. The number of pyridine rings is 1. The van der Waals surface area contributed by atoms with Crippen LogP contribution in [0, 0.1) is 0 Å². The highest BCUT2D eigenvalue weighted by atomic mass is 35.5. The second kappa shape index (κ2) is 9.60. The molecule has 26 heavy (non-hydrogen) atoms. The monoisotopic (exact) mass is 414 g/mol. The first-order valence-corrected chi connectivity index (χ1v) is 11.3. The maximum Gasteiger partial charge on any atom is 0.250 e. The van der Waals surface area contributed by atoms with Crippen LogP contribution in [0.3, 0.4) is 0 Å². The third-order valence-corrected chi connectivity index (χ3v) is 7.57. The van der Waals surface area contributed by atoms with Crippen LogP contribution >= 0.6 is 23.4 Å². The van der Waals surface area contributed by atoms with Gasteiger partial charge in [-0.05, 0) is 30.4 Å². The van der Waals surface area contributed by atoms with Gasteiger partial charge in [-0.3, -0.25) is 4.79 Å². The summed E-state index contributed by atoms with van der Waals surface area (Å²) in [4.78, 5) is 13.2. The summed E-state index contributed by atoms with van der Waals surface area (Å²) in [7, 11) is -3.57. The van der Waals surface area contributed by atoms with E-state index in [1.54, 1.807) is 25.6 Å². The van der Waals surface area contributed by atoms with Gasteiger partial charge in [0.05, 0.1) is 9.92 Å². The molecule has 0 spiro atoms. The summed E-state index contributed by atoms with van der Waals surface area (Å²) in [5.41, 5.74) is -0.203. The van der Waals surface area contributed by atoms with Gasteiger partial charge < -0.3 is 4.57 Å². The van der Waals surface area contributed by atoms with E-state index < -0.39 is 10.0 Å². The first kappa shape index (κ1) is 21.0. The predicted molar refractivity (Wildman–Crippen MR) is 108 cm³/mol. The summed E-state index contributed by atoms with van der Waals surface area (Å²) in [5, 5.41) is 0.710. The van der Waals surface area contributed by atoms with E-state index in [1.165, 1.54) is 27.2 Å². The Morgan fingerprint density at radius 1 is 1.12 bits per heavy atom. The normalized spacial score (nSPS) is 11.8. The summed E-state index contributed by atoms with van der Waals surface area (Å²) >= 11 is 7.75. The Balaban J connectivity index is 2.06. The van der Waals surface area contributed by atoms with Crippen molar-refractivity contribution in [2.24, 2.45) is 0 Å². The van der Waals surface area contributed by atoms with Crippen LogP contribution in [-0.2, 0) is 16.6 Å². The van der Waals surface area contributed by atoms with E-state index in [-0.39, 0.29) is 10.5 Å². The van der Waals surface area contributed by atoms with Gasteiger partial charge in [0, 0.05) is 36.8 Å².